The molecule has 0 saturated heterocycles. The Bertz CT molecular complexity index is 270. The van der Waals surface area contributed by atoms with Gasteiger partial charge >= 0.3 is 7.60 Å². The molecule has 6 nitrogen and oxygen atoms in total. The molecule has 0 aromatic rings. The van der Waals surface area contributed by atoms with Crippen LogP contribution in [0.2, 0.25) is 0 Å². The second kappa shape index (κ2) is 13.7. The van der Waals surface area contributed by atoms with Gasteiger partial charge in [0.05, 0.1) is 13.2 Å². The van der Waals surface area contributed by atoms with Crippen LogP contribution in [0.3, 0.4) is 0 Å². The maximum atomic E-state index is 12.4. The summed E-state index contributed by atoms with van der Waals surface area (Å²) >= 11 is 0. The van der Waals surface area contributed by atoms with Gasteiger partial charge < -0.3 is 24.2 Å². The summed E-state index contributed by atoms with van der Waals surface area (Å²) in [6.45, 7) is 7.13. The summed E-state index contributed by atoms with van der Waals surface area (Å²) in [6.07, 6.45) is 3.39. The van der Waals surface area contributed by atoms with Crippen molar-refractivity contribution in [2.75, 3.05) is 52.2 Å². The molecule has 1 atom stereocenters. The highest BCUT2D eigenvalue weighted by atomic mass is 31.2. The first-order valence-corrected chi connectivity index (χ1v) is 9.66. The minimum absolute atomic E-state index is 0.143. The van der Waals surface area contributed by atoms with Crippen molar-refractivity contribution >= 4 is 7.60 Å². The fourth-order valence-corrected chi connectivity index (χ4v) is 3.60. The maximum absolute atomic E-state index is 12.4. The lowest BCUT2D eigenvalue weighted by atomic mass is 10.3. The molecule has 0 rings (SSSR count). The van der Waals surface area contributed by atoms with Crippen molar-refractivity contribution in [2.45, 2.75) is 39.5 Å². The van der Waals surface area contributed by atoms with Crippen LogP contribution in [0.1, 0.15) is 39.5 Å². The summed E-state index contributed by atoms with van der Waals surface area (Å²) in [7, 11) is -2.97. The van der Waals surface area contributed by atoms with E-state index in [9.17, 15) is 4.57 Å². The molecule has 7 heteroatoms. The molecule has 2 N–H and O–H groups in total. The zero-order valence-corrected chi connectivity index (χ0v) is 14.4. The largest absolute Gasteiger partial charge is 0.396 e. The lowest BCUT2D eigenvalue weighted by Crippen LogP contribution is -2.30. The number of nitrogens with zero attached hydrogens (tertiary/aromatic N) is 1. The highest BCUT2D eigenvalue weighted by Gasteiger charge is 2.23. The van der Waals surface area contributed by atoms with E-state index in [0.717, 1.165) is 25.9 Å². The van der Waals surface area contributed by atoms with Gasteiger partial charge in [0.25, 0.3) is 0 Å². The summed E-state index contributed by atoms with van der Waals surface area (Å²) in [4.78, 5) is 2.10. The number of hydrogen-bond donors (Lipinski definition) is 2. The quantitative estimate of drug-likeness (QED) is 0.449. The van der Waals surface area contributed by atoms with Gasteiger partial charge in [-0.05, 0) is 25.7 Å². The lowest BCUT2D eigenvalue weighted by molar-refractivity contribution is 0.154. The molecule has 1 unspecified atom stereocenters. The Hall–Kier alpha value is 0.0300. The van der Waals surface area contributed by atoms with E-state index in [0.29, 0.717) is 38.8 Å². The van der Waals surface area contributed by atoms with Crippen molar-refractivity contribution in [2.24, 2.45) is 0 Å². The standard InChI is InChI=1S/C14H32NO5P/c1-3-12-19-21(18,14-4-2)20-13-9-15(7-5-10-16)8-6-11-17/h16-17H,3-14H2,1-2H3. The number of rotatable bonds is 15. The average molecular weight is 325 g/mol. The van der Waals surface area contributed by atoms with Crippen LogP contribution in [0.4, 0.5) is 0 Å². The number of aliphatic hydroxyl groups excluding tert-OH is 2. The zero-order chi connectivity index (χ0) is 16.0. The van der Waals surface area contributed by atoms with Gasteiger partial charge in [-0.15, -0.1) is 0 Å². The molecule has 21 heavy (non-hydrogen) atoms. The molecule has 0 aliphatic rings. The molecular formula is C14H32NO5P. The highest BCUT2D eigenvalue weighted by molar-refractivity contribution is 7.53. The third kappa shape index (κ3) is 11.3. The summed E-state index contributed by atoms with van der Waals surface area (Å²) in [5.41, 5.74) is 0. The Balaban J connectivity index is 4.18. The molecule has 0 radical (unpaired) electrons. The SMILES string of the molecule is CCCOP(=O)(CCC)OCCN(CCCO)CCCO. The van der Waals surface area contributed by atoms with Gasteiger partial charge in [-0.3, -0.25) is 4.57 Å². The normalized spacial score (nSPS) is 14.5. The van der Waals surface area contributed by atoms with E-state index in [4.69, 9.17) is 19.3 Å². The van der Waals surface area contributed by atoms with E-state index in [2.05, 4.69) is 4.90 Å². The molecule has 0 bridgehead atoms. The Morgan fingerprint density at radius 1 is 0.905 bits per heavy atom. The van der Waals surface area contributed by atoms with E-state index in [1.54, 1.807) is 0 Å². The monoisotopic (exact) mass is 325 g/mol. The van der Waals surface area contributed by atoms with Crippen molar-refractivity contribution in [3.8, 4) is 0 Å². The fraction of sp³-hybridized carbons (Fsp3) is 1.00. The summed E-state index contributed by atoms with van der Waals surface area (Å²) < 4.78 is 23.4. The fourth-order valence-electron chi connectivity index (χ4n) is 1.90. The first kappa shape index (κ1) is 21.0. The summed E-state index contributed by atoms with van der Waals surface area (Å²) in [5.74, 6) is 0. The number of hydrogen-bond acceptors (Lipinski definition) is 6. The second-order valence-electron chi connectivity index (χ2n) is 5.00. The van der Waals surface area contributed by atoms with Crippen LogP contribution in [0.15, 0.2) is 0 Å². The average Bonchev–Trinajstić information content (AvgIpc) is 2.47. The zero-order valence-electron chi connectivity index (χ0n) is 13.5. The predicted molar refractivity (Wildman–Crippen MR) is 84.8 cm³/mol. The van der Waals surface area contributed by atoms with E-state index >= 15 is 0 Å². The van der Waals surface area contributed by atoms with Gasteiger partial charge in [0.1, 0.15) is 0 Å². The van der Waals surface area contributed by atoms with Gasteiger partial charge in [0.15, 0.2) is 0 Å². The molecule has 0 aromatic heterocycles. The van der Waals surface area contributed by atoms with Crippen molar-refractivity contribution < 1.29 is 23.8 Å². The molecule has 0 amide bonds. The minimum Gasteiger partial charge on any atom is -0.396 e. The molecule has 0 heterocycles. The van der Waals surface area contributed by atoms with E-state index < -0.39 is 7.60 Å². The highest BCUT2D eigenvalue weighted by Crippen LogP contribution is 2.48. The van der Waals surface area contributed by atoms with Crippen LogP contribution in [-0.4, -0.2) is 67.3 Å². The third-order valence-corrected chi connectivity index (χ3v) is 5.10. The third-order valence-electron chi connectivity index (χ3n) is 2.95. The Morgan fingerprint density at radius 3 is 1.95 bits per heavy atom. The lowest BCUT2D eigenvalue weighted by Gasteiger charge is -2.23. The van der Waals surface area contributed by atoms with Gasteiger partial charge in [-0.1, -0.05) is 13.8 Å². The van der Waals surface area contributed by atoms with Crippen LogP contribution >= 0.6 is 7.60 Å². The van der Waals surface area contributed by atoms with E-state index in [-0.39, 0.29) is 13.2 Å². The maximum Gasteiger partial charge on any atom is 0.330 e. The second-order valence-corrected chi connectivity index (χ2v) is 7.18. The van der Waals surface area contributed by atoms with Crippen molar-refractivity contribution in [1.82, 2.24) is 4.90 Å². The van der Waals surface area contributed by atoms with Gasteiger partial charge in [0.2, 0.25) is 0 Å². The van der Waals surface area contributed by atoms with Gasteiger partial charge in [0, 0.05) is 39.0 Å². The molecule has 0 aliphatic carbocycles. The smallest absolute Gasteiger partial charge is 0.330 e. The molecular weight excluding hydrogens is 293 g/mol. The number of aliphatic hydroxyl groups is 2. The first-order chi connectivity index (χ1) is 10.1. The van der Waals surface area contributed by atoms with E-state index in [1.807, 2.05) is 13.8 Å². The van der Waals surface area contributed by atoms with E-state index in [1.165, 1.54) is 0 Å². The Kier molecular flexibility index (Phi) is 13.7. The molecule has 0 saturated carbocycles. The Labute approximate surface area is 129 Å². The van der Waals surface area contributed by atoms with Crippen LogP contribution < -0.4 is 0 Å². The molecule has 0 fully saturated rings. The van der Waals surface area contributed by atoms with Crippen LogP contribution in [0, 0.1) is 0 Å². The summed E-state index contributed by atoms with van der Waals surface area (Å²) in [5, 5.41) is 17.8. The van der Waals surface area contributed by atoms with Crippen LogP contribution in [0.25, 0.3) is 0 Å². The molecule has 0 spiro atoms. The molecule has 0 aliphatic heterocycles. The van der Waals surface area contributed by atoms with Gasteiger partial charge in [-0.2, -0.15) is 0 Å². The predicted octanol–water partition coefficient (Wildman–Crippen LogP) is 2.10. The van der Waals surface area contributed by atoms with Crippen molar-refractivity contribution in [3.63, 3.8) is 0 Å². The topological polar surface area (TPSA) is 79.2 Å². The van der Waals surface area contributed by atoms with Crippen LogP contribution in [-0.2, 0) is 13.6 Å². The summed E-state index contributed by atoms with van der Waals surface area (Å²) in [6, 6.07) is 0. The van der Waals surface area contributed by atoms with Crippen LogP contribution in [0.5, 0.6) is 0 Å². The van der Waals surface area contributed by atoms with Crippen molar-refractivity contribution in [1.29, 1.82) is 0 Å². The Morgan fingerprint density at radius 2 is 1.48 bits per heavy atom. The van der Waals surface area contributed by atoms with Crippen molar-refractivity contribution in [3.05, 3.63) is 0 Å². The molecule has 128 valence electrons. The van der Waals surface area contributed by atoms with Gasteiger partial charge in [-0.25, -0.2) is 0 Å². The minimum atomic E-state index is -2.97. The molecule has 0 aromatic carbocycles. The first-order valence-electron chi connectivity index (χ1n) is 7.94.